The van der Waals surface area contributed by atoms with Crippen LogP contribution in [0.2, 0.25) is 0 Å². The van der Waals surface area contributed by atoms with Crippen LogP contribution in [0.25, 0.3) is 0 Å². The second-order valence-electron chi connectivity index (χ2n) is 5.92. The summed E-state index contributed by atoms with van der Waals surface area (Å²) in [6.45, 7) is 3.01. The summed E-state index contributed by atoms with van der Waals surface area (Å²) in [7, 11) is 2.12. The van der Waals surface area contributed by atoms with Crippen LogP contribution in [0.3, 0.4) is 0 Å². The Balaban J connectivity index is 1.93. The van der Waals surface area contributed by atoms with E-state index in [9.17, 15) is 0 Å². The Morgan fingerprint density at radius 1 is 1.24 bits per heavy atom. The number of hydrogen-bond donors (Lipinski definition) is 1. The van der Waals surface area contributed by atoms with E-state index in [1.165, 1.54) is 57.8 Å². The lowest BCUT2D eigenvalue weighted by Crippen LogP contribution is -2.52. The van der Waals surface area contributed by atoms with Gasteiger partial charge >= 0.3 is 0 Å². The van der Waals surface area contributed by atoms with Crippen LogP contribution < -0.4 is 5.32 Å². The summed E-state index contributed by atoms with van der Waals surface area (Å²) in [4.78, 5) is 0. The summed E-state index contributed by atoms with van der Waals surface area (Å²) >= 11 is 0. The molecular weight excluding hydrogens is 210 g/mol. The standard InChI is InChI=1S/C15H29NO/c1-3-17-15(11-5-4-6-12-15)14(16-2)10-9-13-7-8-13/h13-14,16H,3-12H2,1-2H3. The van der Waals surface area contributed by atoms with Crippen molar-refractivity contribution in [3.8, 4) is 0 Å². The fraction of sp³-hybridized carbons (Fsp3) is 1.00. The highest BCUT2D eigenvalue weighted by molar-refractivity contribution is 4.95. The average Bonchev–Trinajstić information content (AvgIpc) is 3.15. The quantitative estimate of drug-likeness (QED) is 0.734. The molecule has 100 valence electrons. The van der Waals surface area contributed by atoms with Gasteiger partial charge in [-0.25, -0.2) is 0 Å². The second kappa shape index (κ2) is 6.19. The highest BCUT2D eigenvalue weighted by atomic mass is 16.5. The topological polar surface area (TPSA) is 21.3 Å². The average molecular weight is 239 g/mol. The molecule has 2 fully saturated rings. The summed E-state index contributed by atoms with van der Waals surface area (Å²) in [6, 6.07) is 0.573. The van der Waals surface area contributed by atoms with Gasteiger partial charge in [-0.2, -0.15) is 0 Å². The first-order valence-electron chi connectivity index (χ1n) is 7.62. The van der Waals surface area contributed by atoms with Crippen molar-refractivity contribution >= 4 is 0 Å². The van der Waals surface area contributed by atoms with Gasteiger partial charge in [0, 0.05) is 12.6 Å². The van der Waals surface area contributed by atoms with Crippen LogP contribution in [0.15, 0.2) is 0 Å². The highest BCUT2D eigenvalue weighted by Crippen LogP contribution is 2.39. The zero-order valence-corrected chi connectivity index (χ0v) is 11.6. The van der Waals surface area contributed by atoms with Gasteiger partial charge in [0.1, 0.15) is 0 Å². The Morgan fingerprint density at radius 3 is 2.47 bits per heavy atom. The van der Waals surface area contributed by atoms with Crippen molar-refractivity contribution in [1.82, 2.24) is 5.32 Å². The molecule has 0 spiro atoms. The number of hydrogen-bond acceptors (Lipinski definition) is 2. The van der Waals surface area contributed by atoms with Crippen molar-refractivity contribution in [3.63, 3.8) is 0 Å². The molecule has 0 radical (unpaired) electrons. The molecule has 1 N–H and O–H groups in total. The van der Waals surface area contributed by atoms with E-state index in [-0.39, 0.29) is 5.60 Å². The monoisotopic (exact) mass is 239 g/mol. The maximum Gasteiger partial charge on any atom is 0.0834 e. The van der Waals surface area contributed by atoms with Crippen molar-refractivity contribution in [1.29, 1.82) is 0 Å². The molecule has 1 atom stereocenters. The third-order valence-corrected chi connectivity index (χ3v) is 4.68. The van der Waals surface area contributed by atoms with Gasteiger partial charge in [0.2, 0.25) is 0 Å². The van der Waals surface area contributed by atoms with Crippen LogP contribution in [0.4, 0.5) is 0 Å². The molecule has 1 unspecified atom stereocenters. The molecule has 0 aromatic rings. The number of rotatable bonds is 7. The zero-order valence-electron chi connectivity index (χ0n) is 11.6. The van der Waals surface area contributed by atoms with E-state index in [0.717, 1.165) is 12.5 Å². The normalized spacial score (nSPS) is 25.8. The second-order valence-corrected chi connectivity index (χ2v) is 5.92. The van der Waals surface area contributed by atoms with Gasteiger partial charge in [-0.3, -0.25) is 0 Å². The fourth-order valence-corrected chi connectivity index (χ4v) is 3.51. The molecule has 17 heavy (non-hydrogen) atoms. The van der Waals surface area contributed by atoms with E-state index in [2.05, 4.69) is 19.3 Å². The fourth-order valence-electron chi connectivity index (χ4n) is 3.51. The van der Waals surface area contributed by atoms with Crippen LogP contribution in [-0.4, -0.2) is 25.3 Å². The first kappa shape index (κ1) is 13.4. The number of nitrogens with one attached hydrogen (secondary N) is 1. The van der Waals surface area contributed by atoms with Gasteiger partial charge in [0.25, 0.3) is 0 Å². The number of likely N-dealkylation sites (N-methyl/N-ethyl adjacent to an activating group) is 1. The van der Waals surface area contributed by atoms with Crippen molar-refractivity contribution < 1.29 is 4.74 Å². The molecule has 0 aromatic carbocycles. The molecule has 2 aliphatic carbocycles. The van der Waals surface area contributed by atoms with Crippen LogP contribution in [0, 0.1) is 5.92 Å². The van der Waals surface area contributed by atoms with E-state index >= 15 is 0 Å². The first-order chi connectivity index (χ1) is 8.30. The van der Waals surface area contributed by atoms with Gasteiger partial charge in [-0.05, 0) is 45.6 Å². The van der Waals surface area contributed by atoms with Gasteiger partial charge in [-0.15, -0.1) is 0 Å². The summed E-state index contributed by atoms with van der Waals surface area (Å²) < 4.78 is 6.21. The molecule has 0 bridgehead atoms. The Labute approximate surface area is 107 Å². The zero-order chi connectivity index (χ0) is 12.1. The summed E-state index contributed by atoms with van der Waals surface area (Å²) in [6.07, 6.45) is 12.3. The van der Waals surface area contributed by atoms with E-state index in [0.29, 0.717) is 6.04 Å². The summed E-state index contributed by atoms with van der Waals surface area (Å²) in [5.41, 5.74) is 0.149. The SMILES string of the molecule is CCOC1(C(CCC2CC2)NC)CCCCC1. The molecule has 0 amide bonds. The van der Waals surface area contributed by atoms with Crippen LogP contribution in [-0.2, 0) is 4.74 Å². The summed E-state index contributed by atoms with van der Waals surface area (Å²) in [5, 5.41) is 3.56. The number of ether oxygens (including phenoxy) is 1. The van der Waals surface area contributed by atoms with E-state index in [1.54, 1.807) is 0 Å². The van der Waals surface area contributed by atoms with Crippen LogP contribution >= 0.6 is 0 Å². The molecule has 0 heterocycles. The Hall–Kier alpha value is -0.0800. The van der Waals surface area contributed by atoms with Gasteiger partial charge in [0.15, 0.2) is 0 Å². The van der Waals surface area contributed by atoms with E-state index < -0.39 is 0 Å². The van der Waals surface area contributed by atoms with Crippen molar-refractivity contribution in [2.24, 2.45) is 5.92 Å². The highest BCUT2D eigenvalue weighted by Gasteiger charge is 2.40. The van der Waals surface area contributed by atoms with Crippen molar-refractivity contribution in [3.05, 3.63) is 0 Å². The van der Waals surface area contributed by atoms with E-state index in [4.69, 9.17) is 4.74 Å². The Kier molecular flexibility index (Phi) is 4.87. The minimum absolute atomic E-state index is 0.149. The molecule has 0 saturated heterocycles. The maximum absolute atomic E-state index is 6.21. The Bertz CT molecular complexity index is 213. The lowest BCUT2D eigenvalue weighted by molar-refractivity contribution is -0.0905. The Morgan fingerprint density at radius 2 is 1.94 bits per heavy atom. The van der Waals surface area contributed by atoms with Crippen LogP contribution in [0.1, 0.15) is 64.7 Å². The molecule has 2 nitrogen and oxygen atoms in total. The molecule has 2 heteroatoms. The lowest BCUT2D eigenvalue weighted by Gasteiger charge is -2.43. The van der Waals surface area contributed by atoms with Crippen molar-refractivity contribution in [2.45, 2.75) is 76.4 Å². The van der Waals surface area contributed by atoms with Gasteiger partial charge in [0.05, 0.1) is 5.60 Å². The first-order valence-corrected chi connectivity index (χ1v) is 7.62. The molecule has 2 saturated carbocycles. The lowest BCUT2D eigenvalue weighted by atomic mass is 9.77. The van der Waals surface area contributed by atoms with Gasteiger partial charge < -0.3 is 10.1 Å². The maximum atomic E-state index is 6.21. The largest absolute Gasteiger partial charge is 0.374 e. The third kappa shape index (κ3) is 3.45. The molecule has 2 rings (SSSR count). The van der Waals surface area contributed by atoms with Crippen LogP contribution in [0.5, 0.6) is 0 Å². The third-order valence-electron chi connectivity index (χ3n) is 4.68. The van der Waals surface area contributed by atoms with Gasteiger partial charge in [-0.1, -0.05) is 32.1 Å². The van der Waals surface area contributed by atoms with Crippen molar-refractivity contribution in [2.75, 3.05) is 13.7 Å². The molecule has 2 aliphatic rings. The predicted octanol–water partition coefficient (Wildman–Crippen LogP) is 3.50. The minimum Gasteiger partial charge on any atom is -0.374 e. The molecule has 0 aliphatic heterocycles. The predicted molar refractivity (Wildman–Crippen MR) is 72.2 cm³/mol. The minimum atomic E-state index is 0.149. The summed E-state index contributed by atoms with van der Waals surface area (Å²) in [5.74, 6) is 1.04. The smallest absolute Gasteiger partial charge is 0.0834 e. The van der Waals surface area contributed by atoms with E-state index in [1.807, 2.05) is 0 Å². The molecule has 0 aromatic heterocycles. The molecular formula is C15H29NO.